The number of unbranched alkanes of at least 4 members (excludes halogenated alkanes) is 1. The van der Waals surface area contributed by atoms with E-state index in [2.05, 4.69) is 5.32 Å². The fourth-order valence-electron chi connectivity index (χ4n) is 6.92. The minimum absolute atomic E-state index is 0.0497. The van der Waals surface area contributed by atoms with Crippen LogP contribution in [-0.4, -0.2) is 77.7 Å². The number of rotatable bonds is 6. The lowest BCUT2D eigenvalue weighted by Crippen LogP contribution is -2.55. The van der Waals surface area contributed by atoms with Gasteiger partial charge < -0.3 is 29.7 Å². The summed E-state index contributed by atoms with van der Waals surface area (Å²) >= 11 is 6.12. The van der Waals surface area contributed by atoms with E-state index in [-0.39, 0.29) is 50.5 Å². The Morgan fingerprint density at radius 2 is 1.76 bits per heavy atom. The fourth-order valence-corrected chi connectivity index (χ4v) is 7.05. The molecule has 2 N–H and O–H groups in total. The van der Waals surface area contributed by atoms with E-state index in [0.717, 1.165) is 5.56 Å². The first-order valence-electron chi connectivity index (χ1n) is 15.4. The first-order valence-corrected chi connectivity index (χ1v) is 15.7. The normalized spacial score (nSPS) is 30.8. The van der Waals surface area contributed by atoms with Crippen molar-refractivity contribution in [1.29, 1.82) is 0 Å². The number of likely N-dealkylation sites (tertiary alicyclic amines) is 1. The van der Waals surface area contributed by atoms with Crippen molar-refractivity contribution in [2.75, 3.05) is 31.2 Å². The van der Waals surface area contributed by atoms with E-state index in [1.54, 1.807) is 47.4 Å². The van der Waals surface area contributed by atoms with E-state index < -0.39 is 41.5 Å². The Labute approximate surface area is 266 Å². The predicted molar refractivity (Wildman–Crippen MR) is 166 cm³/mol. The number of cyclic esters (lactones) is 1. The number of aliphatic hydroxyl groups excluding tert-OH is 1. The number of carbonyl (C=O) groups is 4. The molecule has 2 aromatic carbocycles. The SMILES string of the molecule is O=C1CC/C=C\[C@H]2O[C@]34C=CCN(c5ccc(Cl)cc5)C(=O)[C@H]3N(CCCCO)C(=O)[C@@H]4[C@H]2C(=O)N[C@H](c2ccccc2)CO1. The minimum atomic E-state index is -1.42. The van der Waals surface area contributed by atoms with Crippen LogP contribution in [0, 0.1) is 11.8 Å². The molecule has 4 heterocycles. The van der Waals surface area contributed by atoms with Crippen molar-refractivity contribution in [2.45, 2.75) is 49.5 Å². The number of benzene rings is 2. The van der Waals surface area contributed by atoms with E-state index in [1.807, 2.05) is 36.4 Å². The van der Waals surface area contributed by atoms with E-state index in [1.165, 1.54) is 4.90 Å². The molecule has 6 atom stereocenters. The molecule has 0 aromatic heterocycles. The van der Waals surface area contributed by atoms with Crippen molar-refractivity contribution >= 4 is 41.0 Å². The molecule has 3 amide bonds. The van der Waals surface area contributed by atoms with Crippen molar-refractivity contribution in [2.24, 2.45) is 11.8 Å². The topological polar surface area (TPSA) is 125 Å². The summed E-state index contributed by atoms with van der Waals surface area (Å²) in [6, 6.07) is 14.4. The summed E-state index contributed by atoms with van der Waals surface area (Å²) in [6.07, 6.45) is 7.70. The summed E-state index contributed by atoms with van der Waals surface area (Å²) in [5, 5.41) is 13.0. The number of aliphatic hydroxyl groups is 1. The largest absolute Gasteiger partial charge is 0.463 e. The molecule has 2 saturated heterocycles. The maximum atomic E-state index is 14.5. The molecule has 6 rings (SSSR count). The Hall–Kier alpha value is -3.99. The van der Waals surface area contributed by atoms with Crippen molar-refractivity contribution in [3.8, 4) is 0 Å². The number of nitrogens with zero attached hydrogens (tertiary/aromatic N) is 2. The highest BCUT2D eigenvalue weighted by Crippen LogP contribution is 2.53. The molecule has 1 spiro atoms. The van der Waals surface area contributed by atoms with E-state index >= 15 is 0 Å². The van der Waals surface area contributed by atoms with Gasteiger partial charge in [-0.3, -0.25) is 19.2 Å². The van der Waals surface area contributed by atoms with Gasteiger partial charge in [0.2, 0.25) is 11.8 Å². The third-order valence-corrected chi connectivity index (χ3v) is 9.26. The Morgan fingerprint density at radius 3 is 2.51 bits per heavy atom. The van der Waals surface area contributed by atoms with Crippen molar-refractivity contribution in [3.05, 3.63) is 89.5 Å². The fraction of sp³-hybridized carbons (Fsp3) is 0.412. The molecule has 0 radical (unpaired) electrons. The predicted octanol–water partition coefficient (Wildman–Crippen LogP) is 3.35. The number of amides is 3. The second-order valence-electron chi connectivity index (χ2n) is 11.8. The number of anilines is 1. The maximum Gasteiger partial charge on any atom is 0.306 e. The van der Waals surface area contributed by atoms with Gasteiger partial charge in [0.1, 0.15) is 18.2 Å². The first-order chi connectivity index (χ1) is 21.8. The molecule has 0 saturated carbocycles. The lowest BCUT2D eigenvalue weighted by atomic mass is 9.77. The third kappa shape index (κ3) is 5.90. The number of hydrogen-bond donors (Lipinski definition) is 2. The molecule has 11 heteroatoms. The molecule has 0 bridgehead atoms. The molecule has 0 unspecified atom stereocenters. The van der Waals surface area contributed by atoms with Crippen LogP contribution in [0.5, 0.6) is 0 Å². The molecule has 4 aliphatic rings. The van der Waals surface area contributed by atoms with Crippen LogP contribution < -0.4 is 10.2 Å². The quantitative estimate of drug-likeness (QED) is 0.284. The van der Waals surface area contributed by atoms with Crippen molar-refractivity contribution < 1.29 is 33.8 Å². The Bertz CT molecular complexity index is 1500. The summed E-state index contributed by atoms with van der Waals surface area (Å²) < 4.78 is 12.3. The van der Waals surface area contributed by atoms with Crippen LogP contribution >= 0.6 is 11.6 Å². The summed E-state index contributed by atoms with van der Waals surface area (Å²) in [7, 11) is 0. The highest BCUT2D eigenvalue weighted by molar-refractivity contribution is 6.30. The van der Waals surface area contributed by atoms with Gasteiger partial charge in [0.15, 0.2) is 0 Å². The second-order valence-corrected chi connectivity index (χ2v) is 12.2. The summed E-state index contributed by atoms with van der Waals surface area (Å²) in [5.74, 6) is -3.44. The highest BCUT2D eigenvalue weighted by Gasteiger charge is 2.71. The molecule has 236 valence electrons. The van der Waals surface area contributed by atoms with Crippen molar-refractivity contribution in [1.82, 2.24) is 10.2 Å². The highest BCUT2D eigenvalue weighted by atomic mass is 35.5. The van der Waals surface area contributed by atoms with E-state index in [0.29, 0.717) is 30.0 Å². The number of fused-ring (bicyclic) bond motifs is 2. The summed E-state index contributed by atoms with van der Waals surface area (Å²) in [4.78, 5) is 58.8. The van der Waals surface area contributed by atoms with Crippen LogP contribution in [-0.2, 0) is 28.7 Å². The van der Waals surface area contributed by atoms with Gasteiger partial charge in [0.05, 0.1) is 24.0 Å². The van der Waals surface area contributed by atoms with Gasteiger partial charge in [-0.2, -0.15) is 0 Å². The average Bonchev–Trinajstić information content (AvgIpc) is 3.42. The maximum absolute atomic E-state index is 14.5. The van der Waals surface area contributed by atoms with Gasteiger partial charge in [-0.05, 0) is 49.1 Å². The van der Waals surface area contributed by atoms with Crippen LogP contribution in [0.4, 0.5) is 5.69 Å². The monoisotopic (exact) mass is 633 g/mol. The van der Waals surface area contributed by atoms with Gasteiger partial charge in [-0.25, -0.2) is 0 Å². The molecule has 10 nitrogen and oxygen atoms in total. The standard InChI is InChI=1S/C34H36ClN3O7/c35-23-13-15-24(16-14-23)37-19-8-17-34-29(32(42)38(18-6-7-20-39)30(34)33(37)43)28-26(45-34)11-4-5-12-27(40)44-21-25(36-31(28)41)22-9-2-1-3-10-22/h1-4,8-11,13-17,25-26,28-30,39H,5-7,12,18-21H2,(H,36,41)/b11-4-/t25-,26+,28-,29-,30+,34-/m0/s1. The zero-order valence-electron chi connectivity index (χ0n) is 24.7. The summed E-state index contributed by atoms with van der Waals surface area (Å²) in [6.45, 7) is 0.341. The molecule has 0 aliphatic carbocycles. The number of halogens is 1. The number of nitrogens with one attached hydrogen (secondary N) is 1. The second kappa shape index (κ2) is 13.2. The zero-order chi connectivity index (χ0) is 31.6. The van der Waals surface area contributed by atoms with Gasteiger partial charge >= 0.3 is 5.97 Å². The number of hydrogen-bond acceptors (Lipinski definition) is 7. The van der Waals surface area contributed by atoms with Crippen LogP contribution in [0.15, 0.2) is 78.9 Å². The third-order valence-electron chi connectivity index (χ3n) is 9.01. The van der Waals surface area contributed by atoms with Crippen molar-refractivity contribution in [3.63, 3.8) is 0 Å². The Kier molecular flexibility index (Phi) is 9.07. The van der Waals surface area contributed by atoms with Gasteiger partial charge in [0, 0.05) is 36.8 Å². The van der Waals surface area contributed by atoms with E-state index in [4.69, 9.17) is 21.1 Å². The Balaban J connectivity index is 1.41. The number of esters is 1. The van der Waals surface area contributed by atoms with Gasteiger partial charge in [-0.1, -0.05) is 66.2 Å². The van der Waals surface area contributed by atoms with Crippen LogP contribution in [0.3, 0.4) is 0 Å². The van der Waals surface area contributed by atoms with Crippen LogP contribution in [0.1, 0.15) is 37.3 Å². The molecule has 2 fully saturated rings. The molecule has 2 aromatic rings. The number of allylic oxidation sites excluding steroid dienone is 1. The molecule has 4 aliphatic heterocycles. The number of carbonyl (C=O) groups excluding carboxylic acids is 4. The lowest BCUT2D eigenvalue weighted by molar-refractivity contribution is -0.146. The zero-order valence-corrected chi connectivity index (χ0v) is 25.5. The Morgan fingerprint density at radius 1 is 0.978 bits per heavy atom. The molecule has 45 heavy (non-hydrogen) atoms. The number of ether oxygens (including phenoxy) is 2. The first kappa shape index (κ1) is 31.0. The van der Waals surface area contributed by atoms with Crippen LogP contribution in [0.25, 0.3) is 0 Å². The van der Waals surface area contributed by atoms with Crippen LogP contribution in [0.2, 0.25) is 5.02 Å². The lowest BCUT2D eigenvalue weighted by Gasteiger charge is -2.35. The van der Waals surface area contributed by atoms with Gasteiger partial charge in [-0.15, -0.1) is 0 Å². The van der Waals surface area contributed by atoms with E-state index in [9.17, 15) is 24.3 Å². The molecular weight excluding hydrogens is 598 g/mol. The summed E-state index contributed by atoms with van der Waals surface area (Å²) in [5.41, 5.74) is -0.0454. The smallest absolute Gasteiger partial charge is 0.306 e. The average molecular weight is 634 g/mol. The minimum Gasteiger partial charge on any atom is -0.463 e. The van der Waals surface area contributed by atoms with Gasteiger partial charge in [0.25, 0.3) is 5.91 Å². The molecular formula is C34H36ClN3O7.